The smallest absolute Gasteiger partial charge is 0.119 e. The number of aromatic nitrogens is 3. The molecule has 0 bridgehead atoms. The molecule has 1 saturated heterocycles. The number of hydrogen-bond donors (Lipinski definition) is 1. The highest BCUT2D eigenvalue weighted by Gasteiger charge is 2.24. The Balaban J connectivity index is 1.36. The maximum absolute atomic E-state index is 10.5. The van der Waals surface area contributed by atoms with Crippen LogP contribution in [0.1, 0.15) is 24.8 Å². The van der Waals surface area contributed by atoms with E-state index in [1.165, 1.54) is 5.56 Å². The molecule has 1 aromatic heterocycles. The molecule has 23 heavy (non-hydrogen) atoms. The summed E-state index contributed by atoms with van der Waals surface area (Å²) in [6, 6.07) is 10.4. The summed E-state index contributed by atoms with van der Waals surface area (Å²) in [5.74, 6) is 0.449. The van der Waals surface area contributed by atoms with E-state index in [1.807, 2.05) is 10.6 Å². The van der Waals surface area contributed by atoms with E-state index in [2.05, 4.69) is 39.4 Å². The quantitative estimate of drug-likeness (QED) is 0.849. The minimum atomic E-state index is -0.171. The summed E-state index contributed by atoms with van der Waals surface area (Å²) in [5.41, 5.74) is 1.32. The van der Waals surface area contributed by atoms with E-state index >= 15 is 0 Å². The van der Waals surface area contributed by atoms with Crippen LogP contribution in [0.25, 0.3) is 0 Å². The minimum Gasteiger partial charge on any atom is -0.393 e. The molecule has 124 valence electrons. The Hall–Kier alpha value is -1.72. The number of aliphatic hydroxyl groups excluding tert-OH is 1. The van der Waals surface area contributed by atoms with Crippen LogP contribution in [0.5, 0.6) is 0 Å². The van der Waals surface area contributed by atoms with Crippen LogP contribution in [0.4, 0.5) is 0 Å². The van der Waals surface area contributed by atoms with E-state index < -0.39 is 0 Å². The lowest BCUT2D eigenvalue weighted by molar-refractivity contribution is 0.0530. The molecule has 1 atom stereocenters. The summed E-state index contributed by atoms with van der Waals surface area (Å²) in [4.78, 5) is 2.47. The molecule has 5 nitrogen and oxygen atoms in total. The van der Waals surface area contributed by atoms with E-state index in [9.17, 15) is 5.11 Å². The van der Waals surface area contributed by atoms with Gasteiger partial charge in [-0.3, -0.25) is 0 Å². The molecule has 0 radical (unpaired) electrons. The topological polar surface area (TPSA) is 54.2 Å². The molecule has 1 aromatic carbocycles. The second-order valence-corrected chi connectivity index (χ2v) is 6.47. The lowest BCUT2D eigenvalue weighted by atomic mass is 9.88. The highest BCUT2D eigenvalue weighted by molar-refractivity contribution is 5.14. The summed E-state index contributed by atoms with van der Waals surface area (Å²) in [6.07, 6.45) is 7.39. The van der Waals surface area contributed by atoms with Gasteiger partial charge in [0.25, 0.3) is 0 Å². The van der Waals surface area contributed by atoms with Gasteiger partial charge in [-0.25, -0.2) is 0 Å². The Morgan fingerprint density at radius 1 is 1.04 bits per heavy atom. The predicted molar refractivity (Wildman–Crippen MR) is 90.0 cm³/mol. The molecule has 1 fully saturated rings. The number of rotatable bonds is 7. The van der Waals surface area contributed by atoms with Gasteiger partial charge in [-0.1, -0.05) is 30.3 Å². The fraction of sp³-hybridized carbons (Fsp3) is 0.556. The van der Waals surface area contributed by atoms with Crippen molar-refractivity contribution in [1.29, 1.82) is 0 Å². The van der Waals surface area contributed by atoms with Gasteiger partial charge in [0.2, 0.25) is 0 Å². The second-order valence-electron chi connectivity index (χ2n) is 6.47. The predicted octanol–water partition coefficient (Wildman–Crippen LogP) is 1.98. The van der Waals surface area contributed by atoms with Gasteiger partial charge in [0.05, 0.1) is 6.10 Å². The van der Waals surface area contributed by atoms with Crippen LogP contribution >= 0.6 is 0 Å². The Kier molecular flexibility index (Phi) is 5.77. The first-order valence-corrected chi connectivity index (χ1v) is 8.58. The van der Waals surface area contributed by atoms with Gasteiger partial charge >= 0.3 is 0 Å². The van der Waals surface area contributed by atoms with Gasteiger partial charge in [0.1, 0.15) is 12.7 Å². The maximum atomic E-state index is 10.5. The average Bonchev–Trinajstić information content (AvgIpc) is 3.13. The number of aliphatic hydroxyl groups is 1. The number of hydrogen-bond acceptors (Lipinski definition) is 4. The van der Waals surface area contributed by atoms with E-state index in [4.69, 9.17) is 0 Å². The van der Waals surface area contributed by atoms with Gasteiger partial charge < -0.3 is 14.6 Å². The fourth-order valence-electron chi connectivity index (χ4n) is 3.35. The molecule has 1 N–H and O–H groups in total. The van der Waals surface area contributed by atoms with E-state index in [-0.39, 0.29) is 6.10 Å². The Bertz CT molecular complexity index is 550. The molecule has 0 unspecified atom stereocenters. The number of nitrogens with zero attached hydrogens (tertiary/aromatic N) is 4. The van der Waals surface area contributed by atoms with Crippen molar-refractivity contribution in [2.45, 2.75) is 38.3 Å². The molecule has 0 amide bonds. The molecule has 0 saturated carbocycles. The minimum absolute atomic E-state index is 0.171. The second kappa shape index (κ2) is 8.22. The zero-order valence-corrected chi connectivity index (χ0v) is 13.6. The Labute approximate surface area is 138 Å². The fourth-order valence-corrected chi connectivity index (χ4v) is 3.35. The van der Waals surface area contributed by atoms with Crippen LogP contribution in [0.3, 0.4) is 0 Å². The van der Waals surface area contributed by atoms with Gasteiger partial charge in [0.15, 0.2) is 0 Å². The van der Waals surface area contributed by atoms with Crippen LogP contribution < -0.4 is 0 Å². The third kappa shape index (κ3) is 4.88. The molecule has 2 heterocycles. The van der Waals surface area contributed by atoms with Crippen molar-refractivity contribution in [2.75, 3.05) is 19.6 Å². The summed E-state index contributed by atoms with van der Waals surface area (Å²) in [7, 11) is 0. The molecule has 5 heteroatoms. The van der Waals surface area contributed by atoms with Gasteiger partial charge in [-0.2, -0.15) is 0 Å². The molecule has 1 aliphatic heterocycles. The average molecular weight is 314 g/mol. The van der Waals surface area contributed by atoms with Crippen molar-refractivity contribution in [2.24, 2.45) is 5.92 Å². The molecular formula is C18H26N4O. The zero-order valence-electron chi connectivity index (χ0n) is 13.6. The van der Waals surface area contributed by atoms with Crippen LogP contribution in [0.15, 0.2) is 43.0 Å². The first kappa shape index (κ1) is 16.1. The molecule has 1 aliphatic rings. The lowest BCUT2D eigenvalue weighted by Gasteiger charge is -2.34. The number of piperidine rings is 1. The van der Waals surface area contributed by atoms with E-state index in [1.54, 1.807) is 12.7 Å². The number of likely N-dealkylation sites (tertiary alicyclic amines) is 1. The standard InChI is InChI=1S/C18H26N4O/c23-18(7-6-16-4-2-1-3-5-16)17-8-10-21(11-9-17)12-13-22-14-19-20-15-22/h1-5,14-15,17-18,23H,6-13H2/t18-/m0/s1. The van der Waals surface area contributed by atoms with Crippen molar-refractivity contribution >= 4 is 0 Å². The molecule has 2 aromatic rings. The highest BCUT2D eigenvalue weighted by atomic mass is 16.3. The first-order valence-electron chi connectivity index (χ1n) is 8.58. The summed E-state index contributed by atoms with van der Waals surface area (Å²) in [6.45, 7) is 4.13. The molecule has 0 aliphatic carbocycles. The maximum Gasteiger partial charge on any atom is 0.119 e. The van der Waals surface area contributed by atoms with Crippen LogP contribution in [-0.2, 0) is 13.0 Å². The third-order valence-electron chi connectivity index (χ3n) is 4.89. The van der Waals surface area contributed by atoms with Crippen LogP contribution in [-0.4, -0.2) is 50.5 Å². The van der Waals surface area contributed by atoms with E-state index in [0.717, 1.165) is 51.9 Å². The van der Waals surface area contributed by atoms with Gasteiger partial charge in [-0.05, 0) is 50.3 Å². The largest absolute Gasteiger partial charge is 0.393 e. The Morgan fingerprint density at radius 2 is 1.74 bits per heavy atom. The Morgan fingerprint density at radius 3 is 2.43 bits per heavy atom. The monoisotopic (exact) mass is 314 g/mol. The van der Waals surface area contributed by atoms with Crippen molar-refractivity contribution in [3.8, 4) is 0 Å². The zero-order chi connectivity index (χ0) is 15.9. The first-order chi connectivity index (χ1) is 11.3. The highest BCUT2D eigenvalue weighted by Crippen LogP contribution is 2.23. The van der Waals surface area contributed by atoms with Crippen molar-refractivity contribution < 1.29 is 5.11 Å². The molecule has 0 spiro atoms. The van der Waals surface area contributed by atoms with Gasteiger partial charge in [0, 0.05) is 13.1 Å². The molecular weight excluding hydrogens is 288 g/mol. The van der Waals surface area contributed by atoms with Crippen molar-refractivity contribution in [1.82, 2.24) is 19.7 Å². The van der Waals surface area contributed by atoms with Gasteiger partial charge in [-0.15, -0.1) is 10.2 Å². The lowest BCUT2D eigenvalue weighted by Crippen LogP contribution is -2.39. The van der Waals surface area contributed by atoms with Crippen molar-refractivity contribution in [3.05, 3.63) is 48.5 Å². The number of benzene rings is 1. The normalized spacial score (nSPS) is 18.1. The third-order valence-corrected chi connectivity index (χ3v) is 4.89. The van der Waals surface area contributed by atoms with E-state index in [0.29, 0.717) is 5.92 Å². The van der Waals surface area contributed by atoms with Crippen LogP contribution in [0, 0.1) is 5.92 Å². The summed E-state index contributed by atoms with van der Waals surface area (Å²) in [5, 5.41) is 18.1. The molecule has 3 rings (SSSR count). The number of aryl methyl sites for hydroxylation is 1. The van der Waals surface area contributed by atoms with Crippen LogP contribution in [0.2, 0.25) is 0 Å². The SMILES string of the molecule is O[C@@H](CCc1ccccc1)C1CCN(CCn2cnnc2)CC1. The summed E-state index contributed by atoms with van der Waals surface area (Å²) < 4.78 is 2.01. The summed E-state index contributed by atoms with van der Waals surface area (Å²) >= 11 is 0. The van der Waals surface area contributed by atoms with Crippen molar-refractivity contribution in [3.63, 3.8) is 0 Å².